The molecule has 0 amide bonds. The molecule has 0 atom stereocenters. The molecule has 0 aliphatic carbocycles. The van der Waals surface area contributed by atoms with Gasteiger partial charge in [-0.15, -0.1) is 22.7 Å². The van der Waals surface area contributed by atoms with Crippen molar-refractivity contribution in [2.75, 3.05) is 0 Å². The van der Waals surface area contributed by atoms with Gasteiger partial charge < -0.3 is 9.51 Å². The number of aliphatic hydroxyl groups is 1. The molecule has 21 heavy (non-hydrogen) atoms. The van der Waals surface area contributed by atoms with Gasteiger partial charge in [0.05, 0.1) is 6.61 Å². The van der Waals surface area contributed by atoms with Gasteiger partial charge in [-0.2, -0.15) is 0 Å². The van der Waals surface area contributed by atoms with Gasteiger partial charge in [0.1, 0.15) is 16.3 Å². The highest BCUT2D eigenvalue weighted by molar-refractivity contribution is 7.13. The minimum atomic E-state index is 0.0895. The van der Waals surface area contributed by atoms with E-state index in [4.69, 9.17) is 5.11 Å². The summed E-state index contributed by atoms with van der Waals surface area (Å²) in [4.78, 5) is 9.85. The number of aliphatic hydroxyl groups excluding tert-OH is 1. The fraction of sp³-hybridized carbons (Fsp3) is 0.0667. The fourth-order valence-electron chi connectivity index (χ4n) is 2.23. The first-order chi connectivity index (χ1) is 10.3. The molecule has 0 spiro atoms. The Bertz CT molecular complexity index is 893. The number of hydrogen-bond donors (Lipinski definition) is 1. The zero-order chi connectivity index (χ0) is 14.2. The molecule has 0 saturated carbocycles. The smallest absolute Gasteiger partial charge is 0.143 e. The predicted molar refractivity (Wildman–Crippen MR) is 85.5 cm³/mol. The van der Waals surface area contributed by atoms with Crippen LogP contribution in [0.2, 0.25) is 0 Å². The lowest BCUT2D eigenvalue weighted by atomic mass is 10.1. The molecule has 4 aromatic rings. The van der Waals surface area contributed by atoms with Crippen molar-refractivity contribution in [3.8, 4) is 21.8 Å². The first kappa shape index (κ1) is 12.7. The van der Waals surface area contributed by atoms with Crippen molar-refractivity contribution in [3.05, 3.63) is 52.4 Å². The van der Waals surface area contributed by atoms with Crippen molar-refractivity contribution in [2.24, 2.45) is 0 Å². The Morgan fingerprint density at radius 1 is 1.14 bits per heavy atom. The van der Waals surface area contributed by atoms with Gasteiger partial charge in [-0.05, 0) is 34.7 Å². The summed E-state index contributed by atoms with van der Waals surface area (Å²) in [5.41, 5.74) is 4.03. The second kappa shape index (κ2) is 5.07. The minimum Gasteiger partial charge on any atom is -0.391 e. The van der Waals surface area contributed by atoms with E-state index in [2.05, 4.69) is 27.6 Å². The summed E-state index contributed by atoms with van der Waals surface area (Å²) in [7, 11) is 0. The van der Waals surface area contributed by atoms with Gasteiger partial charge in [-0.3, -0.25) is 0 Å². The third kappa shape index (κ3) is 2.27. The number of aromatic nitrogens is 3. The molecule has 0 bridgehead atoms. The molecule has 4 rings (SSSR count). The molecule has 1 N–H and O–H groups in total. The van der Waals surface area contributed by atoms with Gasteiger partial charge in [0.25, 0.3) is 0 Å². The van der Waals surface area contributed by atoms with E-state index in [1.165, 1.54) is 0 Å². The van der Waals surface area contributed by atoms with Gasteiger partial charge in [0.15, 0.2) is 0 Å². The fourth-order valence-corrected chi connectivity index (χ4v) is 3.57. The average molecular weight is 313 g/mol. The van der Waals surface area contributed by atoms with E-state index >= 15 is 0 Å². The molecule has 0 fully saturated rings. The standard InChI is InChI=1S/C15H11N3OS2/c19-8-12-5-11(9-21-12)10-1-2-14-17-13(7-18(14)6-10)15-16-3-4-20-15/h1-7,9,19H,8H2. The van der Waals surface area contributed by atoms with E-state index in [0.717, 1.165) is 32.4 Å². The van der Waals surface area contributed by atoms with Crippen LogP contribution in [0.5, 0.6) is 0 Å². The zero-order valence-corrected chi connectivity index (χ0v) is 12.6. The molecular weight excluding hydrogens is 302 g/mol. The van der Waals surface area contributed by atoms with Crippen molar-refractivity contribution in [2.45, 2.75) is 6.61 Å². The van der Waals surface area contributed by atoms with Crippen LogP contribution in [0, 0.1) is 0 Å². The molecule has 4 nitrogen and oxygen atoms in total. The molecule has 0 aliphatic heterocycles. The molecule has 4 heterocycles. The van der Waals surface area contributed by atoms with E-state index in [-0.39, 0.29) is 6.61 Å². The predicted octanol–water partition coefficient (Wildman–Crippen LogP) is 3.68. The number of thiophene rings is 1. The van der Waals surface area contributed by atoms with Gasteiger partial charge in [-0.1, -0.05) is 0 Å². The van der Waals surface area contributed by atoms with Crippen LogP contribution in [-0.2, 0) is 6.61 Å². The third-order valence-electron chi connectivity index (χ3n) is 3.25. The van der Waals surface area contributed by atoms with Gasteiger partial charge in [0, 0.05) is 28.8 Å². The highest BCUT2D eigenvalue weighted by atomic mass is 32.1. The zero-order valence-electron chi connectivity index (χ0n) is 10.9. The summed E-state index contributed by atoms with van der Waals surface area (Å²) in [5, 5.41) is 14.1. The van der Waals surface area contributed by atoms with Crippen LogP contribution in [0.4, 0.5) is 0 Å². The van der Waals surface area contributed by atoms with Crippen LogP contribution < -0.4 is 0 Å². The summed E-state index contributed by atoms with van der Waals surface area (Å²) < 4.78 is 2.02. The Labute approximate surface area is 129 Å². The number of rotatable bonds is 3. The van der Waals surface area contributed by atoms with Gasteiger partial charge in [-0.25, -0.2) is 9.97 Å². The molecular formula is C15H11N3OS2. The third-order valence-corrected chi connectivity index (χ3v) is 4.96. The molecule has 6 heteroatoms. The highest BCUT2D eigenvalue weighted by Gasteiger charge is 2.08. The Balaban J connectivity index is 1.79. The number of fused-ring (bicyclic) bond motifs is 1. The van der Waals surface area contributed by atoms with Crippen LogP contribution in [0.1, 0.15) is 4.88 Å². The maximum Gasteiger partial charge on any atom is 0.143 e. The largest absolute Gasteiger partial charge is 0.391 e. The monoisotopic (exact) mass is 313 g/mol. The lowest BCUT2D eigenvalue weighted by Crippen LogP contribution is -1.84. The Morgan fingerprint density at radius 2 is 2.10 bits per heavy atom. The first-order valence-corrected chi connectivity index (χ1v) is 8.17. The van der Waals surface area contributed by atoms with E-state index in [0.29, 0.717) is 0 Å². The topological polar surface area (TPSA) is 50.4 Å². The number of pyridine rings is 1. The van der Waals surface area contributed by atoms with Crippen molar-refractivity contribution in [1.29, 1.82) is 0 Å². The maximum atomic E-state index is 9.17. The molecule has 4 aromatic heterocycles. The van der Waals surface area contributed by atoms with E-state index in [9.17, 15) is 0 Å². The SMILES string of the molecule is OCc1cc(-c2ccc3nc(-c4nccs4)cn3c2)cs1. The lowest BCUT2D eigenvalue weighted by Gasteiger charge is -1.99. The van der Waals surface area contributed by atoms with Crippen LogP contribution >= 0.6 is 22.7 Å². The summed E-state index contributed by atoms with van der Waals surface area (Å²) in [5.74, 6) is 0. The second-order valence-corrected chi connectivity index (χ2v) is 6.50. The number of thiazole rings is 1. The highest BCUT2D eigenvalue weighted by Crippen LogP contribution is 2.27. The number of imidazole rings is 1. The molecule has 104 valence electrons. The molecule has 0 radical (unpaired) electrons. The average Bonchev–Trinajstić information content (AvgIpc) is 3.24. The van der Waals surface area contributed by atoms with Crippen LogP contribution in [-0.4, -0.2) is 19.5 Å². The van der Waals surface area contributed by atoms with Crippen molar-refractivity contribution in [1.82, 2.24) is 14.4 Å². The van der Waals surface area contributed by atoms with Crippen LogP contribution in [0.3, 0.4) is 0 Å². The molecule has 0 unspecified atom stereocenters. The lowest BCUT2D eigenvalue weighted by molar-refractivity contribution is 0.285. The molecule has 0 aliphatic rings. The van der Waals surface area contributed by atoms with Crippen molar-refractivity contribution in [3.63, 3.8) is 0 Å². The van der Waals surface area contributed by atoms with Gasteiger partial charge in [0.2, 0.25) is 0 Å². The molecule has 0 saturated heterocycles. The van der Waals surface area contributed by atoms with Crippen LogP contribution in [0.25, 0.3) is 27.5 Å². The summed E-state index contributed by atoms with van der Waals surface area (Å²) in [6, 6.07) is 6.07. The first-order valence-electron chi connectivity index (χ1n) is 6.41. The Hall–Kier alpha value is -2.02. The van der Waals surface area contributed by atoms with E-state index < -0.39 is 0 Å². The van der Waals surface area contributed by atoms with Crippen molar-refractivity contribution < 1.29 is 5.11 Å². The van der Waals surface area contributed by atoms with Crippen LogP contribution in [0.15, 0.2) is 47.5 Å². The Morgan fingerprint density at radius 3 is 2.86 bits per heavy atom. The minimum absolute atomic E-state index is 0.0895. The van der Waals surface area contributed by atoms with E-state index in [1.807, 2.05) is 28.1 Å². The second-order valence-electron chi connectivity index (χ2n) is 4.61. The summed E-state index contributed by atoms with van der Waals surface area (Å²) >= 11 is 3.15. The molecule has 0 aromatic carbocycles. The van der Waals surface area contributed by atoms with E-state index in [1.54, 1.807) is 28.9 Å². The Kier molecular flexibility index (Phi) is 3.07. The number of hydrogen-bond acceptors (Lipinski definition) is 5. The van der Waals surface area contributed by atoms with Crippen molar-refractivity contribution >= 4 is 28.3 Å². The van der Waals surface area contributed by atoms with Gasteiger partial charge >= 0.3 is 0 Å². The maximum absolute atomic E-state index is 9.17. The normalized spacial score (nSPS) is 11.3. The quantitative estimate of drug-likeness (QED) is 0.628. The summed E-state index contributed by atoms with van der Waals surface area (Å²) in [6.45, 7) is 0.0895. The number of nitrogens with zero attached hydrogens (tertiary/aromatic N) is 3. The summed E-state index contributed by atoms with van der Waals surface area (Å²) in [6.07, 6.45) is 5.84.